The zero-order chi connectivity index (χ0) is 12.6. The molecule has 2 nitrogen and oxygen atoms in total. The number of fused-ring (bicyclic) bond motifs is 1. The van der Waals surface area contributed by atoms with Gasteiger partial charge in [-0.25, -0.2) is 0 Å². The monoisotopic (exact) mass is 236 g/mol. The second kappa shape index (κ2) is 4.58. The molecular weight excluding hydrogens is 212 g/mol. The molecule has 0 aromatic carbocycles. The number of allylic oxidation sites excluding steroid dienone is 1. The number of hydrogen-bond donors (Lipinski definition) is 2. The fraction of sp³-hybridized carbons (Fsp3) is 0.733. The molecule has 0 aromatic rings. The molecule has 0 aliphatic heterocycles. The minimum atomic E-state index is -0.209. The predicted molar refractivity (Wildman–Crippen MR) is 69.5 cm³/mol. The van der Waals surface area contributed by atoms with Crippen molar-refractivity contribution in [3.05, 3.63) is 23.8 Å². The Morgan fingerprint density at radius 1 is 1.59 bits per heavy atom. The van der Waals surface area contributed by atoms with Gasteiger partial charge in [0.15, 0.2) is 0 Å². The Hall–Kier alpha value is -0.600. The summed E-state index contributed by atoms with van der Waals surface area (Å²) in [6.45, 7) is 8.46. The molecule has 17 heavy (non-hydrogen) atoms. The molecule has 0 amide bonds. The topological polar surface area (TPSA) is 40.5 Å². The lowest BCUT2D eigenvalue weighted by molar-refractivity contribution is -0.0364. The van der Waals surface area contributed by atoms with Crippen LogP contribution in [-0.4, -0.2) is 22.9 Å². The zero-order valence-electron chi connectivity index (χ0n) is 10.9. The van der Waals surface area contributed by atoms with Gasteiger partial charge in [-0.05, 0) is 50.0 Å². The first-order chi connectivity index (χ1) is 7.99. The van der Waals surface area contributed by atoms with Gasteiger partial charge >= 0.3 is 0 Å². The van der Waals surface area contributed by atoms with Crippen molar-refractivity contribution in [3.63, 3.8) is 0 Å². The maximum atomic E-state index is 10.2. The van der Waals surface area contributed by atoms with Gasteiger partial charge in [-0.15, -0.1) is 0 Å². The summed E-state index contributed by atoms with van der Waals surface area (Å²) in [6, 6.07) is 0. The first-order valence-corrected chi connectivity index (χ1v) is 6.62. The van der Waals surface area contributed by atoms with Crippen LogP contribution >= 0.6 is 0 Å². The summed E-state index contributed by atoms with van der Waals surface area (Å²) in [4.78, 5) is 0. The molecule has 2 heteroatoms. The molecule has 2 rings (SSSR count). The highest BCUT2D eigenvalue weighted by molar-refractivity contribution is 5.19. The van der Waals surface area contributed by atoms with E-state index in [9.17, 15) is 10.2 Å². The molecule has 0 spiro atoms. The van der Waals surface area contributed by atoms with Gasteiger partial charge in [0, 0.05) is 5.41 Å². The molecule has 2 aliphatic rings. The molecule has 0 aromatic heterocycles. The van der Waals surface area contributed by atoms with Crippen molar-refractivity contribution < 1.29 is 10.2 Å². The third-order valence-corrected chi connectivity index (χ3v) is 5.10. The largest absolute Gasteiger partial charge is 0.392 e. The van der Waals surface area contributed by atoms with Crippen LogP contribution in [0.5, 0.6) is 0 Å². The maximum absolute atomic E-state index is 10.2. The van der Waals surface area contributed by atoms with Crippen LogP contribution in [0.1, 0.15) is 39.5 Å². The molecular formula is C15H24O2. The van der Waals surface area contributed by atoms with E-state index in [-0.39, 0.29) is 18.1 Å². The summed E-state index contributed by atoms with van der Waals surface area (Å²) in [5.41, 5.74) is 2.40. The first-order valence-electron chi connectivity index (χ1n) is 6.62. The van der Waals surface area contributed by atoms with Crippen LogP contribution < -0.4 is 0 Å². The molecule has 0 radical (unpaired) electrons. The molecule has 2 N–H and O–H groups in total. The predicted octanol–water partition coefficient (Wildman–Crippen LogP) is 2.67. The highest BCUT2D eigenvalue weighted by Gasteiger charge is 2.47. The Kier molecular flexibility index (Phi) is 3.46. The molecule has 96 valence electrons. The minimum Gasteiger partial charge on any atom is -0.392 e. The fourth-order valence-corrected chi connectivity index (χ4v) is 3.64. The van der Waals surface area contributed by atoms with Crippen LogP contribution in [0.25, 0.3) is 0 Å². The quantitative estimate of drug-likeness (QED) is 0.724. The molecule has 1 fully saturated rings. The molecule has 0 heterocycles. The average molecular weight is 236 g/mol. The number of aliphatic hydroxyl groups is 2. The highest BCUT2D eigenvalue weighted by Crippen LogP contribution is 2.52. The Morgan fingerprint density at radius 3 is 2.94 bits per heavy atom. The third kappa shape index (κ3) is 2.09. The van der Waals surface area contributed by atoms with E-state index < -0.39 is 0 Å². The van der Waals surface area contributed by atoms with Gasteiger partial charge in [0.05, 0.1) is 12.7 Å². The van der Waals surface area contributed by atoms with Crippen molar-refractivity contribution in [3.8, 4) is 0 Å². The van der Waals surface area contributed by atoms with E-state index in [4.69, 9.17) is 0 Å². The summed E-state index contributed by atoms with van der Waals surface area (Å²) in [5, 5.41) is 19.4. The Morgan fingerprint density at radius 2 is 2.29 bits per heavy atom. The minimum absolute atomic E-state index is 0.0328. The molecule has 0 unspecified atom stereocenters. The molecule has 0 saturated heterocycles. The molecule has 4 atom stereocenters. The summed E-state index contributed by atoms with van der Waals surface area (Å²) in [6.07, 6.45) is 5.89. The maximum Gasteiger partial charge on any atom is 0.0641 e. The highest BCUT2D eigenvalue weighted by atomic mass is 16.3. The second-order valence-electron chi connectivity index (χ2n) is 6.05. The second-order valence-corrected chi connectivity index (χ2v) is 6.05. The Bertz CT molecular complexity index is 345. The van der Waals surface area contributed by atoms with Crippen LogP contribution in [-0.2, 0) is 0 Å². The van der Waals surface area contributed by atoms with Gasteiger partial charge in [-0.3, -0.25) is 0 Å². The average Bonchev–Trinajstić information content (AvgIpc) is 2.33. The van der Waals surface area contributed by atoms with E-state index in [0.717, 1.165) is 31.3 Å². The van der Waals surface area contributed by atoms with Crippen LogP contribution in [0.15, 0.2) is 23.8 Å². The fourth-order valence-electron chi connectivity index (χ4n) is 3.64. The van der Waals surface area contributed by atoms with Gasteiger partial charge in [0.25, 0.3) is 0 Å². The number of aliphatic hydroxyl groups excluding tert-OH is 2. The summed E-state index contributed by atoms with van der Waals surface area (Å²) < 4.78 is 0. The first kappa shape index (κ1) is 12.8. The third-order valence-electron chi connectivity index (χ3n) is 5.10. The Balaban J connectivity index is 2.21. The van der Waals surface area contributed by atoms with Gasteiger partial charge in [-0.1, -0.05) is 25.2 Å². The molecule has 1 saturated carbocycles. The lowest BCUT2D eigenvalue weighted by Crippen LogP contribution is -2.46. The standard InChI is InChI=1S/C15H24O2/c1-10-4-5-14(17)15(3)7-6-12(8-13(10)15)11(2)9-16/h4,12-14,16-17H,2,5-9H2,1,3H3/t12-,13+,14+,15-/m1/s1. The number of hydrogen-bond acceptors (Lipinski definition) is 2. The van der Waals surface area contributed by atoms with Crippen molar-refractivity contribution in [2.75, 3.05) is 6.61 Å². The van der Waals surface area contributed by atoms with E-state index >= 15 is 0 Å². The van der Waals surface area contributed by atoms with Crippen LogP contribution in [0.4, 0.5) is 0 Å². The van der Waals surface area contributed by atoms with E-state index in [1.54, 1.807) is 0 Å². The van der Waals surface area contributed by atoms with E-state index in [1.807, 2.05) is 0 Å². The van der Waals surface area contributed by atoms with Crippen molar-refractivity contribution in [1.82, 2.24) is 0 Å². The van der Waals surface area contributed by atoms with Crippen molar-refractivity contribution in [2.45, 2.75) is 45.6 Å². The van der Waals surface area contributed by atoms with E-state index in [2.05, 4.69) is 26.5 Å². The van der Waals surface area contributed by atoms with E-state index in [1.165, 1.54) is 5.57 Å². The normalized spacial score (nSPS) is 41.6. The van der Waals surface area contributed by atoms with Crippen molar-refractivity contribution in [1.29, 1.82) is 0 Å². The van der Waals surface area contributed by atoms with Crippen molar-refractivity contribution in [2.24, 2.45) is 17.3 Å². The number of rotatable bonds is 2. The zero-order valence-corrected chi connectivity index (χ0v) is 10.9. The lowest BCUT2D eigenvalue weighted by Gasteiger charge is -2.50. The van der Waals surface area contributed by atoms with Gasteiger partial charge in [0.1, 0.15) is 0 Å². The molecule has 0 bridgehead atoms. The smallest absolute Gasteiger partial charge is 0.0641 e. The van der Waals surface area contributed by atoms with Crippen LogP contribution in [0, 0.1) is 17.3 Å². The van der Waals surface area contributed by atoms with Gasteiger partial charge < -0.3 is 10.2 Å². The Labute approximate surface area is 104 Å². The van der Waals surface area contributed by atoms with E-state index in [0.29, 0.717) is 11.8 Å². The summed E-state index contributed by atoms with van der Waals surface area (Å²) >= 11 is 0. The van der Waals surface area contributed by atoms with Gasteiger partial charge in [-0.2, -0.15) is 0 Å². The SMILES string of the molecule is C=C(CO)[C@@H]1CC[C@@]2(C)[C@@H](O)CC=C(C)[C@@H]2C1. The molecule has 2 aliphatic carbocycles. The van der Waals surface area contributed by atoms with Crippen LogP contribution in [0.3, 0.4) is 0 Å². The van der Waals surface area contributed by atoms with Crippen molar-refractivity contribution >= 4 is 0 Å². The van der Waals surface area contributed by atoms with Crippen LogP contribution in [0.2, 0.25) is 0 Å². The lowest BCUT2D eigenvalue weighted by atomic mass is 9.56. The summed E-state index contributed by atoms with van der Waals surface area (Å²) in [7, 11) is 0. The van der Waals surface area contributed by atoms with Gasteiger partial charge in [0.2, 0.25) is 0 Å². The summed E-state index contributed by atoms with van der Waals surface area (Å²) in [5.74, 6) is 0.875.